The predicted octanol–water partition coefficient (Wildman–Crippen LogP) is -3.19. The molecule has 0 heterocycles. The maximum atomic E-state index is 5.66. The zero-order valence-corrected chi connectivity index (χ0v) is 16.1. The second-order valence-corrected chi connectivity index (χ2v) is 3.32. The summed E-state index contributed by atoms with van der Waals surface area (Å²) < 4.78 is 0. The Hall–Kier alpha value is 3.51. The van der Waals surface area contributed by atoms with E-state index in [0.29, 0.717) is 19.8 Å². The maximum Gasteiger partial charge on any atom is 1.00 e. The van der Waals surface area contributed by atoms with Crippen LogP contribution in [0, 0.1) is 0 Å². The van der Waals surface area contributed by atoms with Gasteiger partial charge in [0.1, 0.15) is 0 Å². The van der Waals surface area contributed by atoms with Crippen LogP contribution in [-0.4, -0.2) is 0 Å². The summed E-state index contributed by atoms with van der Waals surface area (Å²) in [5, 5.41) is 0.980. The average Bonchev–Trinajstić information content (AvgIpc) is 1.93. The van der Waals surface area contributed by atoms with Gasteiger partial charge in [-0.3, -0.25) is 0 Å². The minimum atomic E-state index is 0. The molecule has 0 spiro atoms. The van der Waals surface area contributed by atoms with E-state index in [9.17, 15) is 0 Å². The molecule has 0 saturated carbocycles. The number of benzene rings is 1. The minimum absolute atomic E-state index is 0. The maximum absolute atomic E-state index is 5.66. The zero-order chi connectivity index (χ0) is 7.72. The first-order valence-electron chi connectivity index (χ1n) is 2.45. The molecule has 0 radical (unpaired) electrons. The van der Waals surface area contributed by atoms with Crippen molar-refractivity contribution < 1.29 is 103 Å². The van der Waals surface area contributed by atoms with E-state index >= 15 is 0 Å². The van der Waals surface area contributed by atoms with Crippen molar-refractivity contribution >= 4 is 48.5 Å². The van der Waals surface area contributed by atoms with Crippen LogP contribution in [0.1, 0.15) is 0 Å². The van der Waals surface area contributed by atoms with Crippen molar-refractivity contribution in [3.05, 3.63) is 22.2 Å². The molecule has 0 fully saturated rings. The first kappa shape index (κ1) is 17.9. The fraction of sp³-hybridized carbons (Fsp3) is 0. The SMILES string of the molecule is [K+].[K+].[S-]c1c(Cl)ccc(Cl)c1[S-]. The third-order valence-electron chi connectivity index (χ3n) is 1.02. The Balaban J connectivity index is 0. The van der Waals surface area contributed by atoms with E-state index in [-0.39, 0.29) is 103 Å². The number of hydrogen-bond acceptors (Lipinski definition) is 2. The van der Waals surface area contributed by atoms with E-state index < -0.39 is 0 Å². The van der Waals surface area contributed by atoms with E-state index in [2.05, 4.69) is 0 Å². The summed E-state index contributed by atoms with van der Waals surface area (Å²) in [5.41, 5.74) is 0. The van der Waals surface area contributed by atoms with Gasteiger partial charge in [-0.2, -0.15) is 9.79 Å². The molecule has 54 valence electrons. The smallest absolute Gasteiger partial charge is 0.780 e. The van der Waals surface area contributed by atoms with Crippen molar-refractivity contribution in [3.63, 3.8) is 0 Å². The Bertz CT molecular complexity index is 241. The van der Waals surface area contributed by atoms with Gasteiger partial charge in [0, 0.05) is 10.0 Å². The van der Waals surface area contributed by atoms with Crippen molar-refractivity contribution in [1.82, 2.24) is 0 Å². The molecule has 0 aliphatic heterocycles. The summed E-state index contributed by atoms with van der Waals surface area (Å²) in [6, 6.07) is 3.28. The van der Waals surface area contributed by atoms with Crippen molar-refractivity contribution in [3.8, 4) is 0 Å². The molecule has 1 rings (SSSR count). The Morgan fingerprint density at radius 1 is 0.833 bits per heavy atom. The molecule has 1 aromatic rings. The fourth-order valence-corrected chi connectivity index (χ4v) is 1.30. The van der Waals surface area contributed by atoms with Crippen LogP contribution in [0.2, 0.25) is 10.0 Å². The third-order valence-corrected chi connectivity index (χ3v) is 2.85. The molecule has 0 saturated heterocycles. The summed E-state index contributed by atoms with van der Waals surface area (Å²) in [6.45, 7) is 0. The standard InChI is InChI=1S/C6H4Cl2S2.2K/c7-3-1-2-4(8)6(10)5(3)9;;/h1-2,9-10H;;/q;2*+1/p-2. The van der Waals surface area contributed by atoms with Gasteiger partial charge in [-0.05, 0) is 12.1 Å². The van der Waals surface area contributed by atoms with Gasteiger partial charge in [0.05, 0.1) is 0 Å². The monoisotopic (exact) mass is 286 g/mol. The molecule has 12 heavy (non-hydrogen) atoms. The summed E-state index contributed by atoms with van der Waals surface area (Å²) in [7, 11) is 0. The van der Waals surface area contributed by atoms with E-state index in [4.69, 9.17) is 48.5 Å². The van der Waals surface area contributed by atoms with Crippen molar-refractivity contribution in [2.45, 2.75) is 9.79 Å². The van der Waals surface area contributed by atoms with Crippen LogP contribution >= 0.6 is 23.2 Å². The Morgan fingerprint density at radius 3 is 1.33 bits per heavy atom. The molecule has 0 N–H and O–H groups in total. The van der Waals surface area contributed by atoms with Gasteiger partial charge < -0.3 is 25.3 Å². The molecule has 1 aromatic carbocycles. The van der Waals surface area contributed by atoms with E-state index in [1.54, 1.807) is 12.1 Å². The first-order valence-corrected chi connectivity index (χ1v) is 4.02. The molecule has 0 aromatic heterocycles. The van der Waals surface area contributed by atoms with Gasteiger partial charge >= 0.3 is 103 Å². The summed E-state index contributed by atoms with van der Waals surface area (Å²) >= 11 is 21.0. The Morgan fingerprint density at radius 2 is 1.08 bits per heavy atom. The van der Waals surface area contributed by atoms with Crippen LogP contribution in [0.4, 0.5) is 0 Å². The number of halogens is 2. The van der Waals surface area contributed by atoms with Crippen molar-refractivity contribution in [2.75, 3.05) is 0 Å². The molecule has 0 bridgehead atoms. The minimum Gasteiger partial charge on any atom is -0.780 e. The van der Waals surface area contributed by atoms with Gasteiger partial charge in [0.2, 0.25) is 0 Å². The van der Waals surface area contributed by atoms with E-state index in [1.807, 2.05) is 0 Å². The molecule has 0 amide bonds. The van der Waals surface area contributed by atoms with Crippen LogP contribution in [0.3, 0.4) is 0 Å². The molecule has 0 nitrogen and oxygen atoms in total. The van der Waals surface area contributed by atoms with E-state index in [1.165, 1.54) is 0 Å². The van der Waals surface area contributed by atoms with Gasteiger partial charge in [0.25, 0.3) is 0 Å². The average molecular weight is 287 g/mol. The normalized spacial score (nSPS) is 8.17. The van der Waals surface area contributed by atoms with Gasteiger partial charge in [0.15, 0.2) is 0 Å². The molecule has 6 heteroatoms. The van der Waals surface area contributed by atoms with Gasteiger partial charge in [-0.1, -0.05) is 23.2 Å². The Kier molecular flexibility index (Phi) is 12.9. The Labute approximate surface area is 178 Å². The zero-order valence-electron chi connectivity index (χ0n) is 6.73. The predicted molar refractivity (Wildman–Crippen MR) is 47.7 cm³/mol. The largest absolute Gasteiger partial charge is 1.00 e. The van der Waals surface area contributed by atoms with Gasteiger partial charge in [-0.15, -0.1) is 0 Å². The van der Waals surface area contributed by atoms with E-state index in [0.717, 1.165) is 0 Å². The number of rotatable bonds is 0. The fourth-order valence-electron chi connectivity index (χ4n) is 0.515. The number of hydrogen-bond donors (Lipinski definition) is 0. The van der Waals surface area contributed by atoms with Crippen LogP contribution in [-0.2, 0) is 25.3 Å². The second-order valence-electron chi connectivity index (χ2n) is 1.69. The van der Waals surface area contributed by atoms with Crippen LogP contribution in [0.5, 0.6) is 0 Å². The van der Waals surface area contributed by atoms with Crippen LogP contribution in [0.25, 0.3) is 0 Å². The summed E-state index contributed by atoms with van der Waals surface area (Å²) in [4.78, 5) is 0.924. The van der Waals surface area contributed by atoms with Crippen LogP contribution in [0.15, 0.2) is 21.9 Å². The van der Waals surface area contributed by atoms with Crippen molar-refractivity contribution in [1.29, 1.82) is 0 Å². The van der Waals surface area contributed by atoms with Crippen molar-refractivity contribution in [2.24, 2.45) is 0 Å². The third kappa shape index (κ3) is 5.03. The molecular formula is C6H2Cl2K2S2. The summed E-state index contributed by atoms with van der Waals surface area (Å²) in [5.74, 6) is 0. The molecule has 0 aliphatic carbocycles. The molecule has 0 aliphatic rings. The molecular weight excluding hydrogens is 285 g/mol. The first-order chi connectivity index (χ1) is 4.63. The quantitative estimate of drug-likeness (QED) is 0.364. The molecule has 0 unspecified atom stereocenters. The topological polar surface area (TPSA) is 0 Å². The summed E-state index contributed by atoms with van der Waals surface area (Å²) in [6.07, 6.45) is 0. The molecule has 0 atom stereocenters. The van der Waals surface area contributed by atoms with Gasteiger partial charge in [-0.25, -0.2) is 0 Å². The van der Waals surface area contributed by atoms with Crippen LogP contribution < -0.4 is 103 Å². The second kappa shape index (κ2) is 8.64.